The number of alkyl halides is 1. The number of H-pyrrole nitrogens is 1. The number of hydrogen-bond acceptors (Lipinski definition) is 5. The molecule has 1 aromatic heterocycles. The Morgan fingerprint density at radius 3 is 2.54 bits per heavy atom. The van der Waals surface area contributed by atoms with Gasteiger partial charge in [-0.15, -0.1) is 0 Å². The van der Waals surface area contributed by atoms with Gasteiger partial charge < -0.3 is 14.6 Å². The van der Waals surface area contributed by atoms with Gasteiger partial charge in [0, 0.05) is 40.3 Å². The number of benzene rings is 3. The van der Waals surface area contributed by atoms with Crippen LogP contribution in [0.1, 0.15) is 28.0 Å². The SMILES string of the molecule is COC(=O)c1cccc(N(C)C(=O)C(F)(C2CCc3c([nH]c4ccc(Cl)cc34)C2)S(=O)(=O)c2ccccc2)c1. The number of halogens is 2. The fraction of sp³-hybridized carbons (Fsp3) is 0.241. The van der Waals surface area contributed by atoms with E-state index in [2.05, 4.69) is 4.98 Å². The lowest BCUT2D eigenvalue weighted by Gasteiger charge is -2.37. The molecule has 10 heteroatoms. The number of aromatic amines is 1. The van der Waals surface area contributed by atoms with E-state index in [0.717, 1.165) is 21.4 Å². The number of aromatic nitrogens is 1. The van der Waals surface area contributed by atoms with Crippen molar-refractivity contribution in [2.45, 2.75) is 29.2 Å². The van der Waals surface area contributed by atoms with Crippen molar-refractivity contribution in [3.8, 4) is 0 Å². The van der Waals surface area contributed by atoms with Gasteiger partial charge in [-0.25, -0.2) is 17.6 Å². The summed E-state index contributed by atoms with van der Waals surface area (Å²) in [5.74, 6) is -3.06. The lowest BCUT2D eigenvalue weighted by Crippen LogP contribution is -2.56. The number of rotatable bonds is 6. The minimum absolute atomic E-state index is 0.00593. The first-order chi connectivity index (χ1) is 18.6. The molecule has 1 N–H and O–H groups in total. The second-order valence-corrected chi connectivity index (χ2v) is 12.1. The molecular weight excluding hydrogens is 543 g/mol. The standard InChI is InChI=1S/C29H26ClFN2O5S/c1-33(21-8-6-7-18(15-21)27(34)38-2)28(35)29(31,39(36,37)22-9-4-3-5-10-22)19-11-13-23-24-17-20(30)12-14-25(24)32-26(23)16-19/h3-10,12,14-15,17,19,32H,11,13,16H2,1-2H3. The summed E-state index contributed by atoms with van der Waals surface area (Å²) in [4.78, 5) is 30.0. The average molecular weight is 569 g/mol. The maximum atomic E-state index is 17.5. The normalized spacial score (nSPS) is 16.8. The van der Waals surface area contributed by atoms with Gasteiger partial charge in [0.2, 0.25) is 9.84 Å². The summed E-state index contributed by atoms with van der Waals surface area (Å²) in [6.45, 7) is 0. The summed E-state index contributed by atoms with van der Waals surface area (Å²) in [6, 6.07) is 18.4. The van der Waals surface area contributed by atoms with E-state index in [1.54, 1.807) is 12.1 Å². The number of fused-ring (bicyclic) bond motifs is 3. The number of sulfone groups is 1. The molecule has 7 nitrogen and oxygen atoms in total. The van der Waals surface area contributed by atoms with Gasteiger partial charge in [-0.1, -0.05) is 35.9 Å². The largest absolute Gasteiger partial charge is 0.465 e. The van der Waals surface area contributed by atoms with Gasteiger partial charge in [0.05, 0.1) is 17.6 Å². The number of carbonyl (C=O) groups excluding carboxylic acids is 2. The first-order valence-corrected chi connectivity index (χ1v) is 14.2. The van der Waals surface area contributed by atoms with Crippen LogP contribution in [0, 0.1) is 5.92 Å². The van der Waals surface area contributed by atoms with Gasteiger partial charge in [-0.3, -0.25) is 4.79 Å². The van der Waals surface area contributed by atoms with Crippen molar-refractivity contribution in [1.29, 1.82) is 0 Å². The Kier molecular flexibility index (Phi) is 6.99. The first-order valence-electron chi connectivity index (χ1n) is 12.3. The van der Waals surface area contributed by atoms with E-state index in [4.69, 9.17) is 16.3 Å². The van der Waals surface area contributed by atoms with Crippen molar-refractivity contribution in [2.24, 2.45) is 5.92 Å². The van der Waals surface area contributed by atoms with Crippen molar-refractivity contribution in [1.82, 2.24) is 4.98 Å². The minimum Gasteiger partial charge on any atom is -0.465 e. The van der Waals surface area contributed by atoms with Gasteiger partial charge in [0.15, 0.2) is 0 Å². The molecule has 4 aromatic rings. The molecule has 0 fully saturated rings. The summed E-state index contributed by atoms with van der Waals surface area (Å²) in [5.41, 5.74) is 2.73. The molecule has 1 amide bonds. The van der Waals surface area contributed by atoms with Crippen LogP contribution in [0.2, 0.25) is 5.02 Å². The van der Waals surface area contributed by atoms with E-state index in [1.807, 2.05) is 12.1 Å². The fourth-order valence-electron chi connectivity index (χ4n) is 5.30. The number of esters is 1. The average Bonchev–Trinajstić information content (AvgIpc) is 3.32. The minimum atomic E-state index is -4.81. The molecule has 5 rings (SSSR count). The summed E-state index contributed by atoms with van der Waals surface area (Å²) >= 11 is 6.19. The quantitative estimate of drug-likeness (QED) is 0.309. The zero-order valence-corrected chi connectivity index (χ0v) is 22.9. The number of nitrogens with one attached hydrogen (secondary N) is 1. The molecule has 0 spiro atoms. The summed E-state index contributed by atoms with van der Waals surface area (Å²) in [5, 5.41) is -1.84. The smallest absolute Gasteiger partial charge is 0.337 e. The second-order valence-electron chi connectivity index (χ2n) is 9.58. The summed E-state index contributed by atoms with van der Waals surface area (Å²) in [7, 11) is -2.29. The topological polar surface area (TPSA) is 96.5 Å². The van der Waals surface area contributed by atoms with Crippen LogP contribution in [-0.4, -0.2) is 44.4 Å². The number of nitrogens with zero attached hydrogens (tertiary/aromatic N) is 1. The van der Waals surface area contributed by atoms with E-state index < -0.39 is 32.6 Å². The van der Waals surface area contributed by atoms with Crippen LogP contribution in [0.25, 0.3) is 10.9 Å². The van der Waals surface area contributed by atoms with Gasteiger partial charge >= 0.3 is 5.97 Å². The molecule has 39 heavy (non-hydrogen) atoms. The van der Waals surface area contributed by atoms with Crippen molar-refractivity contribution >= 4 is 49.9 Å². The van der Waals surface area contributed by atoms with Crippen LogP contribution >= 0.6 is 11.6 Å². The third kappa shape index (κ3) is 4.49. The molecule has 2 unspecified atom stereocenters. The van der Waals surface area contributed by atoms with Gasteiger partial charge in [0.25, 0.3) is 10.9 Å². The summed E-state index contributed by atoms with van der Waals surface area (Å²) < 4.78 is 50.2. The predicted octanol–water partition coefficient (Wildman–Crippen LogP) is 5.52. The Labute approximate surface area is 230 Å². The van der Waals surface area contributed by atoms with Crippen molar-refractivity contribution in [3.05, 3.63) is 94.6 Å². The molecule has 0 radical (unpaired) electrons. The monoisotopic (exact) mass is 568 g/mol. The van der Waals surface area contributed by atoms with Crippen LogP contribution in [-0.2, 0) is 32.2 Å². The van der Waals surface area contributed by atoms with E-state index in [9.17, 15) is 18.0 Å². The third-order valence-electron chi connectivity index (χ3n) is 7.37. The van der Waals surface area contributed by atoms with Crippen LogP contribution in [0.4, 0.5) is 10.1 Å². The Bertz CT molecular complexity index is 1690. The number of anilines is 1. The van der Waals surface area contributed by atoms with E-state index in [0.29, 0.717) is 17.1 Å². The van der Waals surface area contributed by atoms with Crippen LogP contribution in [0.15, 0.2) is 77.7 Å². The zero-order chi connectivity index (χ0) is 27.9. The highest BCUT2D eigenvalue weighted by molar-refractivity contribution is 7.93. The molecule has 202 valence electrons. The highest BCUT2D eigenvalue weighted by Gasteiger charge is 2.59. The van der Waals surface area contributed by atoms with Crippen LogP contribution in [0.5, 0.6) is 0 Å². The number of amides is 1. The first kappa shape index (κ1) is 26.9. The molecule has 0 saturated heterocycles. The van der Waals surface area contributed by atoms with Crippen LogP contribution < -0.4 is 4.90 Å². The maximum Gasteiger partial charge on any atom is 0.337 e. The second kappa shape index (κ2) is 10.1. The number of hydrogen-bond donors (Lipinski definition) is 1. The molecule has 1 heterocycles. The van der Waals surface area contributed by atoms with Gasteiger partial charge in [-0.2, -0.15) is 0 Å². The zero-order valence-electron chi connectivity index (χ0n) is 21.3. The van der Waals surface area contributed by atoms with Gasteiger partial charge in [0.1, 0.15) is 0 Å². The molecule has 0 bridgehead atoms. The molecule has 3 aromatic carbocycles. The lowest BCUT2D eigenvalue weighted by atomic mass is 9.83. The van der Waals surface area contributed by atoms with Crippen molar-refractivity contribution in [2.75, 3.05) is 19.1 Å². The van der Waals surface area contributed by atoms with E-state index in [-0.39, 0.29) is 29.0 Å². The lowest BCUT2D eigenvalue weighted by molar-refractivity contribution is -0.127. The van der Waals surface area contributed by atoms with Crippen molar-refractivity contribution < 1.29 is 27.1 Å². The molecule has 0 aliphatic heterocycles. The predicted molar refractivity (Wildman–Crippen MR) is 147 cm³/mol. The van der Waals surface area contributed by atoms with E-state index >= 15 is 4.39 Å². The van der Waals surface area contributed by atoms with Crippen LogP contribution in [0.3, 0.4) is 0 Å². The molecule has 2 atom stereocenters. The Balaban J connectivity index is 1.60. The fourth-order valence-corrected chi connectivity index (χ4v) is 7.34. The number of ether oxygens (including phenoxy) is 1. The Hall–Kier alpha value is -3.69. The van der Waals surface area contributed by atoms with E-state index in [1.165, 1.54) is 62.7 Å². The number of carbonyl (C=O) groups is 2. The molecular formula is C29H26ClFN2O5S. The summed E-state index contributed by atoms with van der Waals surface area (Å²) in [6.07, 6.45) is 0.494. The Morgan fingerprint density at radius 1 is 1.08 bits per heavy atom. The van der Waals surface area contributed by atoms with Crippen molar-refractivity contribution in [3.63, 3.8) is 0 Å². The highest BCUT2D eigenvalue weighted by Crippen LogP contribution is 2.44. The Morgan fingerprint density at radius 2 is 1.82 bits per heavy atom. The van der Waals surface area contributed by atoms with Gasteiger partial charge in [-0.05, 0) is 73.4 Å². The molecule has 1 aliphatic carbocycles. The maximum absolute atomic E-state index is 17.5. The number of aryl methyl sites for hydroxylation is 1. The molecule has 0 saturated carbocycles. The molecule has 1 aliphatic rings. The third-order valence-corrected chi connectivity index (χ3v) is 9.79. The number of methoxy groups -OCH3 is 1. The highest BCUT2D eigenvalue weighted by atomic mass is 35.5.